The molecule has 0 bridgehead atoms. The lowest BCUT2D eigenvalue weighted by molar-refractivity contribution is 0.0732. The molecule has 3 aromatic rings. The van der Waals surface area contributed by atoms with Crippen LogP contribution in [-0.4, -0.2) is 12.6 Å². The molecule has 3 heteroatoms. The molecule has 3 nitrogen and oxygen atoms in total. The van der Waals surface area contributed by atoms with Crippen LogP contribution in [0.5, 0.6) is 11.5 Å². The molecule has 28 heavy (non-hydrogen) atoms. The van der Waals surface area contributed by atoms with Gasteiger partial charge in [0.2, 0.25) is 0 Å². The lowest BCUT2D eigenvalue weighted by atomic mass is 10.0. The molecule has 3 rings (SSSR count). The number of aryl methyl sites for hydroxylation is 1. The van der Waals surface area contributed by atoms with Crippen LogP contribution in [0.3, 0.4) is 0 Å². The van der Waals surface area contributed by atoms with Crippen LogP contribution in [0.4, 0.5) is 0 Å². The van der Waals surface area contributed by atoms with Gasteiger partial charge >= 0.3 is 5.97 Å². The fraction of sp³-hybridized carbons (Fsp3) is 0.240. The minimum absolute atomic E-state index is 0.281. The molecule has 0 aliphatic heterocycles. The van der Waals surface area contributed by atoms with E-state index in [2.05, 4.69) is 26.0 Å². The van der Waals surface area contributed by atoms with Crippen LogP contribution in [0, 0.1) is 6.92 Å². The van der Waals surface area contributed by atoms with Gasteiger partial charge in [-0.15, -0.1) is 0 Å². The molecule has 0 radical (unpaired) electrons. The zero-order valence-corrected chi connectivity index (χ0v) is 16.6. The van der Waals surface area contributed by atoms with Crippen molar-refractivity contribution in [3.63, 3.8) is 0 Å². The average Bonchev–Trinajstić information content (AvgIpc) is 2.69. The molecular formula is C25H26O3. The minimum Gasteiger partial charge on any atom is -0.493 e. The number of hydrogen-bond acceptors (Lipinski definition) is 3. The Kier molecular flexibility index (Phi) is 6.49. The quantitative estimate of drug-likeness (QED) is 0.378. The molecule has 0 atom stereocenters. The molecular weight excluding hydrogens is 348 g/mol. The third-order valence-electron chi connectivity index (χ3n) is 4.59. The van der Waals surface area contributed by atoms with Crippen molar-refractivity contribution in [1.29, 1.82) is 0 Å². The van der Waals surface area contributed by atoms with E-state index in [0.717, 1.165) is 23.3 Å². The fourth-order valence-electron chi connectivity index (χ4n) is 2.98. The highest BCUT2D eigenvalue weighted by molar-refractivity contribution is 5.91. The van der Waals surface area contributed by atoms with Crippen molar-refractivity contribution < 1.29 is 14.3 Å². The molecule has 3 aromatic carbocycles. The number of ether oxygens (including phenoxy) is 2. The van der Waals surface area contributed by atoms with Crippen LogP contribution in [0.2, 0.25) is 0 Å². The Balaban J connectivity index is 1.60. The van der Waals surface area contributed by atoms with Crippen molar-refractivity contribution >= 4 is 5.97 Å². The third-order valence-corrected chi connectivity index (χ3v) is 4.59. The smallest absolute Gasteiger partial charge is 0.343 e. The number of hydrogen-bond donors (Lipinski definition) is 0. The molecule has 0 amide bonds. The minimum atomic E-state index is -0.358. The van der Waals surface area contributed by atoms with Crippen LogP contribution in [0.25, 0.3) is 0 Å². The lowest BCUT2D eigenvalue weighted by Crippen LogP contribution is -2.10. The second kappa shape index (κ2) is 9.23. The Bertz CT molecular complexity index is 912. The molecule has 144 valence electrons. The van der Waals surface area contributed by atoms with E-state index in [4.69, 9.17) is 9.47 Å². The zero-order chi connectivity index (χ0) is 19.9. The topological polar surface area (TPSA) is 35.5 Å². The summed E-state index contributed by atoms with van der Waals surface area (Å²) in [6.07, 6.45) is 0.843. The summed E-state index contributed by atoms with van der Waals surface area (Å²) in [5, 5.41) is 0. The van der Waals surface area contributed by atoms with Gasteiger partial charge in [0.15, 0.2) is 0 Å². The number of esters is 1. The number of carbonyl (C=O) groups is 1. The highest BCUT2D eigenvalue weighted by atomic mass is 16.5. The van der Waals surface area contributed by atoms with Crippen molar-refractivity contribution in [3.8, 4) is 11.5 Å². The van der Waals surface area contributed by atoms with Gasteiger partial charge in [-0.05, 0) is 59.9 Å². The molecule has 0 saturated carbocycles. The maximum absolute atomic E-state index is 12.5. The summed E-state index contributed by atoms with van der Waals surface area (Å²) in [7, 11) is 0. The van der Waals surface area contributed by atoms with Gasteiger partial charge in [0.1, 0.15) is 11.5 Å². The summed E-state index contributed by atoms with van der Waals surface area (Å²) in [4.78, 5) is 12.5. The van der Waals surface area contributed by atoms with Gasteiger partial charge in [0, 0.05) is 6.42 Å². The summed E-state index contributed by atoms with van der Waals surface area (Å²) >= 11 is 0. The first-order valence-electron chi connectivity index (χ1n) is 9.62. The molecule has 0 unspecified atom stereocenters. The second-order valence-electron chi connectivity index (χ2n) is 7.19. The first-order chi connectivity index (χ1) is 13.5. The van der Waals surface area contributed by atoms with Gasteiger partial charge < -0.3 is 9.47 Å². The Morgan fingerprint density at radius 3 is 2.32 bits per heavy atom. The first-order valence-corrected chi connectivity index (χ1v) is 9.62. The molecule has 0 fully saturated rings. The Morgan fingerprint density at radius 1 is 0.929 bits per heavy atom. The molecule has 0 saturated heterocycles. The Morgan fingerprint density at radius 2 is 1.64 bits per heavy atom. The number of rotatable bonds is 7. The van der Waals surface area contributed by atoms with Crippen molar-refractivity contribution in [2.75, 3.05) is 6.61 Å². The predicted octanol–water partition coefficient (Wildman–Crippen LogP) is 5.96. The maximum Gasteiger partial charge on any atom is 0.343 e. The van der Waals surface area contributed by atoms with Gasteiger partial charge in [-0.1, -0.05) is 56.3 Å². The van der Waals surface area contributed by atoms with E-state index in [1.807, 2.05) is 43.3 Å². The summed E-state index contributed by atoms with van der Waals surface area (Å²) in [6.45, 7) is 6.75. The first kappa shape index (κ1) is 19.7. The second-order valence-corrected chi connectivity index (χ2v) is 7.19. The number of benzene rings is 3. The van der Waals surface area contributed by atoms with E-state index < -0.39 is 0 Å². The summed E-state index contributed by atoms with van der Waals surface area (Å²) in [5.74, 6) is 1.29. The van der Waals surface area contributed by atoms with E-state index in [-0.39, 0.29) is 11.9 Å². The highest BCUT2D eigenvalue weighted by Crippen LogP contribution is 2.28. The molecule has 0 aliphatic rings. The van der Waals surface area contributed by atoms with Crippen molar-refractivity contribution in [1.82, 2.24) is 0 Å². The number of carbonyl (C=O) groups excluding carboxylic acids is 1. The standard InChI is InChI=1S/C25H26O3/c1-18(2)23-14-9-19(3)17-24(23)28-25(26)21-10-12-22(13-11-21)27-16-15-20-7-5-4-6-8-20/h4-14,17-18H,15-16H2,1-3H3. The van der Waals surface area contributed by atoms with E-state index in [9.17, 15) is 4.79 Å². The third kappa shape index (κ3) is 5.23. The normalized spacial score (nSPS) is 10.7. The van der Waals surface area contributed by atoms with Crippen LogP contribution in [0.1, 0.15) is 46.8 Å². The molecule has 0 N–H and O–H groups in total. The predicted molar refractivity (Wildman–Crippen MR) is 112 cm³/mol. The molecule has 0 aromatic heterocycles. The van der Waals surface area contributed by atoms with Crippen molar-refractivity contribution in [2.45, 2.75) is 33.1 Å². The average molecular weight is 374 g/mol. The molecule has 0 spiro atoms. The summed E-state index contributed by atoms with van der Waals surface area (Å²) in [5.41, 5.74) is 3.84. The zero-order valence-electron chi connectivity index (χ0n) is 16.6. The SMILES string of the molecule is Cc1ccc(C(C)C)c(OC(=O)c2ccc(OCCc3ccccc3)cc2)c1. The van der Waals surface area contributed by atoms with Gasteiger partial charge in [0.25, 0.3) is 0 Å². The van der Waals surface area contributed by atoms with Crippen LogP contribution in [-0.2, 0) is 6.42 Å². The van der Waals surface area contributed by atoms with E-state index in [1.54, 1.807) is 24.3 Å². The Labute approximate surface area is 166 Å². The summed E-state index contributed by atoms with van der Waals surface area (Å²) in [6, 6.07) is 23.3. The van der Waals surface area contributed by atoms with Gasteiger partial charge in [-0.25, -0.2) is 4.79 Å². The summed E-state index contributed by atoms with van der Waals surface area (Å²) < 4.78 is 11.4. The van der Waals surface area contributed by atoms with Crippen molar-refractivity contribution in [3.05, 3.63) is 95.1 Å². The van der Waals surface area contributed by atoms with Crippen LogP contribution in [0.15, 0.2) is 72.8 Å². The van der Waals surface area contributed by atoms with E-state index >= 15 is 0 Å². The van der Waals surface area contributed by atoms with Gasteiger partial charge in [-0.2, -0.15) is 0 Å². The van der Waals surface area contributed by atoms with Crippen LogP contribution >= 0.6 is 0 Å². The molecule has 0 aliphatic carbocycles. The van der Waals surface area contributed by atoms with Crippen molar-refractivity contribution in [2.24, 2.45) is 0 Å². The largest absolute Gasteiger partial charge is 0.493 e. The Hall–Kier alpha value is -3.07. The van der Waals surface area contributed by atoms with Gasteiger partial charge in [0.05, 0.1) is 12.2 Å². The monoisotopic (exact) mass is 374 g/mol. The van der Waals surface area contributed by atoms with E-state index in [0.29, 0.717) is 17.9 Å². The van der Waals surface area contributed by atoms with E-state index in [1.165, 1.54) is 5.56 Å². The fourth-order valence-corrected chi connectivity index (χ4v) is 2.98. The van der Waals surface area contributed by atoms with Gasteiger partial charge in [-0.3, -0.25) is 0 Å². The maximum atomic E-state index is 12.5. The van der Waals surface area contributed by atoms with Crippen LogP contribution < -0.4 is 9.47 Å². The highest BCUT2D eigenvalue weighted by Gasteiger charge is 2.14. The lowest BCUT2D eigenvalue weighted by Gasteiger charge is -2.14. The molecule has 0 heterocycles.